The van der Waals surface area contributed by atoms with Gasteiger partial charge in [0.2, 0.25) is 0 Å². The summed E-state index contributed by atoms with van der Waals surface area (Å²) >= 11 is 0. The minimum atomic E-state index is -0.528. The molecule has 0 bridgehead atoms. The molecule has 0 spiro atoms. The predicted octanol–water partition coefficient (Wildman–Crippen LogP) is 2.36. The van der Waals surface area contributed by atoms with Gasteiger partial charge < -0.3 is 10.2 Å². The van der Waals surface area contributed by atoms with Gasteiger partial charge in [0, 0.05) is 30.4 Å². The van der Waals surface area contributed by atoms with Crippen LogP contribution in [-0.2, 0) is 0 Å². The molecule has 0 aliphatic carbocycles. The van der Waals surface area contributed by atoms with E-state index >= 15 is 0 Å². The molecular formula is C14H18N4O2. The van der Waals surface area contributed by atoms with E-state index in [4.69, 9.17) is 5.26 Å². The number of benzene rings is 1. The Morgan fingerprint density at radius 2 is 2.30 bits per heavy atom. The van der Waals surface area contributed by atoms with Crippen LogP contribution in [0.5, 0.6) is 0 Å². The summed E-state index contributed by atoms with van der Waals surface area (Å²) in [6, 6.07) is 7.34. The third kappa shape index (κ3) is 3.06. The molecule has 0 radical (unpaired) electrons. The molecule has 0 aromatic heterocycles. The van der Waals surface area contributed by atoms with E-state index in [1.165, 1.54) is 6.07 Å². The first-order chi connectivity index (χ1) is 9.51. The molecule has 0 amide bonds. The second kappa shape index (κ2) is 5.88. The van der Waals surface area contributed by atoms with Crippen molar-refractivity contribution in [1.29, 1.82) is 5.26 Å². The Morgan fingerprint density at radius 3 is 2.90 bits per heavy atom. The van der Waals surface area contributed by atoms with Crippen LogP contribution in [0.1, 0.15) is 25.3 Å². The summed E-state index contributed by atoms with van der Waals surface area (Å²) < 4.78 is 0. The molecule has 1 aliphatic heterocycles. The van der Waals surface area contributed by atoms with Gasteiger partial charge in [-0.2, -0.15) is 5.26 Å². The van der Waals surface area contributed by atoms with Crippen LogP contribution >= 0.6 is 0 Å². The molecule has 2 atom stereocenters. The minimum absolute atomic E-state index is 0.0981. The van der Waals surface area contributed by atoms with Crippen LogP contribution in [0.25, 0.3) is 0 Å². The van der Waals surface area contributed by atoms with E-state index < -0.39 is 4.92 Å². The smallest absolute Gasteiger partial charge is 0.287 e. The number of nitro benzene ring substituents is 1. The number of nitrogens with zero attached hydrogens (tertiary/aromatic N) is 3. The molecule has 1 aromatic rings. The SMILES string of the molecule is CC1CC(Nc2ccc([N+](=O)[O-])c(C#N)c2)CCN1C. The topological polar surface area (TPSA) is 82.2 Å². The Morgan fingerprint density at radius 1 is 1.55 bits per heavy atom. The Kier molecular flexibility index (Phi) is 4.20. The number of anilines is 1. The quantitative estimate of drug-likeness (QED) is 0.676. The van der Waals surface area contributed by atoms with Crippen LogP contribution in [-0.4, -0.2) is 35.5 Å². The first-order valence-electron chi connectivity index (χ1n) is 6.66. The standard InChI is InChI=1S/C14H18N4O2/c1-10-7-13(5-6-17(10)2)16-12-3-4-14(18(19)20)11(8-12)9-15/h3-4,8,10,13,16H,5-7H2,1-2H3. The fraction of sp³-hybridized carbons (Fsp3) is 0.500. The molecule has 1 N–H and O–H groups in total. The average Bonchev–Trinajstić information content (AvgIpc) is 2.42. The van der Waals surface area contributed by atoms with Crippen molar-refractivity contribution in [1.82, 2.24) is 4.90 Å². The Labute approximate surface area is 118 Å². The highest BCUT2D eigenvalue weighted by Crippen LogP contribution is 2.24. The number of nitrogens with one attached hydrogen (secondary N) is 1. The van der Waals surface area contributed by atoms with Gasteiger partial charge in [0.1, 0.15) is 11.6 Å². The van der Waals surface area contributed by atoms with Crippen molar-refractivity contribution in [2.45, 2.75) is 31.8 Å². The summed E-state index contributed by atoms with van der Waals surface area (Å²) in [5.74, 6) is 0. The van der Waals surface area contributed by atoms with E-state index in [9.17, 15) is 10.1 Å². The largest absolute Gasteiger partial charge is 0.382 e. The van der Waals surface area contributed by atoms with Crippen LogP contribution in [0.4, 0.5) is 11.4 Å². The predicted molar refractivity (Wildman–Crippen MR) is 76.5 cm³/mol. The lowest BCUT2D eigenvalue weighted by atomic mass is 9.98. The maximum Gasteiger partial charge on any atom is 0.287 e. The van der Waals surface area contributed by atoms with Crippen LogP contribution in [0.2, 0.25) is 0 Å². The molecule has 6 heteroatoms. The number of nitriles is 1. The first kappa shape index (κ1) is 14.3. The van der Waals surface area contributed by atoms with Crippen molar-refractivity contribution >= 4 is 11.4 Å². The van der Waals surface area contributed by atoms with E-state index in [1.54, 1.807) is 12.1 Å². The van der Waals surface area contributed by atoms with Crippen LogP contribution in [0, 0.1) is 21.4 Å². The molecule has 6 nitrogen and oxygen atoms in total. The summed E-state index contributed by atoms with van der Waals surface area (Å²) in [6.07, 6.45) is 2.05. The lowest BCUT2D eigenvalue weighted by molar-refractivity contribution is -0.385. The van der Waals surface area contributed by atoms with Gasteiger partial charge in [-0.3, -0.25) is 10.1 Å². The van der Waals surface area contributed by atoms with Crippen LogP contribution < -0.4 is 5.32 Å². The highest BCUT2D eigenvalue weighted by atomic mass is 16.6. The van der Waals surface area contributed by atoms with Crippen LogP contribution in [0.15, 0.2) is 18.2 Å². The van der Waals surface area contributed by atoms with Crippen molar-refractivity contribution in [3.05, 3.63) is 33.9 Å². The second-order valence-corrected chi connectivity index (χ2v) is 5.30. The number of rotatable bonds is 3. The lowest BCUT2D eigenvalue weighted by Crippen LogP contribution is -2.42. The van der Waals surface area contributed by atoms with Gasteiger partial charge in [-0.1, -0.05) is 0 Å². The monoisotopic (exact) mass is 274 g/mol. The second-order valence-electron chi connectivity index (χ2n) is 5.30. The van der Waals surface area contributed by atoms with E-state index in [2.05, 4.69) is 24.2 Å². The van der Waals surface area contributed by atoms with E-state index in [0.29, 0.717) is 12.1 Å². The van der Waals surface area contributed by atoms with E-state index in [1.807, 2.05) is 6.07 Å². The molecule has 2 unspecified atom stereocenters. The summed E-state index contributed by atoms with van der Waals surface area (Å²) in [7, 11) is 2.11. The summed E-state index contributed by atoms with van der Waals surface area (Å²) in [5.41, 5.74) is 0.727. The summed E-state index contributed by atoms with van der Waals surface area (Å²) in [6.45, 7) is 3.21. The maximum absolute atomic E-state index is 10.8. The number of piperidine rings is 1. The fourth-order valence-electron chi connectivity index (χ4n) is 2.53. The zero-order valence-electron chi connectivity index (χ0n) is 11.7. The van der Waals surface area contributed by atoms with Gasteiger partial charge in [-0.05, 0) is 38.9 Å². The third-order valence-electron chi connectivity index (χ3n) is 3.89. The van der Waals surface area contributed by atoms with Gasteiger partial charge in [-0.15, -0.1) is 0 Å². The Balaban J connectivity index is 2.11. The van der Waals surface area contributed by atoms with Crippen molar-refractivity contribution < 1.29 is 4.92 Å². The number of likely N-dealkylation sites (tertiary alicyclic amines) is 1. The van der Waals surface area contributed by atoms with Gasteiger partial charge in [0.25, 0.3) is 5.69 Å². The Bertz CT molecular complexity index is 553. The summed E-state index contributed by atoms with van der Waals surface area (Å²) in [4.78, 5) is 12.6. The molecule has 20 heavy (non-hydrogen) atoms. The van der Waals surface area contributed by atoms with Crippen molar-refractivity contribution in [2.75, 3.05) is 18.9 Å². The number of hydrogen-bond donors (Lipinski definition) is 1. The molecule has 2 rings (SSSR count). The Hall–Kier alpha value is -2.13. The fourth-order valence-corrected chi connectivity index (χ4v) is 2.53. The maximum atomic E-state index is 10.8. The lowest BCUT2D eigenvalue weighted by Gasteiger charge is -2.35. The van der Waals surface area contributed by atoms with Gasteiger partial charge in [-0.25, -0.2) is 0 Å². The molecule has 1 fully saturated rings. The zero-order chi connectivity index (χ0) is 14.7. The number of nitro groups is 1. The molecule has 1 saturated heterocycles. The van der Waals surface area contributed by atoms with Crippen molar-refractivity contribution in [3.8, 4) is 6.07 Å². The normalized spacial score (nSPS) is 23.1. The molecule has 1 aliphatic rings. The zero-order valence-corrected chi connectivity index (χ0v) is 11.7. The van der Waals surface area contributed by atoms with E-state index in [-0.39, 0.29) is 11.3 Å². The average molecular weight is 274 g/mol. The molecule has 1 aromatic carbocycles. The van der Waals surface area contributed by atoms with E-state index in [0.717, 1.165) is 25.1 Å². The summed E-state index contributed by atoms with van der Waals surface area (Å²) in [5, 5.41) is 23.1. The van der Waals surface area contributed by atoms with Gasteiger partial charge in [0.15, 0.2) is 0 Å². The highest BCUT2D eigenvalue weighted by Gasteiger charge is 2.23. The van der Waals surface area contributed by atoms with Gasteiger partial charge in [0.05, 0.1) is 4.92 Å². The van der Waals surface area contributed by atoms with Crippen molar-refractivity contribution in [2.24, 2.45) is 0 Å². The van der Waals surface area contributed by atoms with Crippen molar-refractivity contribution in [3.63, 3.8) is 0 Å². The highest BCUT2D eigenvalue weighted by molar-refractivity contribution is 5.59. The number of hydrogen-bond acceptors (Lipinski definition) is 5. The molecule has 0 saturated carbocycles. The van der Waals surface area contributed by atoms with Crippen LogP contribution in [0.3, 0.4) is 0 Å². The molecule has 106 valence electrons. The van der Waals surface area contributed by atoms with Gasteiger partial charge >= 0.3 is 0 Å². The first-order valence-corrected chi connectivity index (χ1v) is 6.66. The minimum Gasteiger partial charge on any atom is -0.382 e. The molecular weight excluding hydrogens is 256 g/mol. The molecule has 1 heterocycles. The third-order valence-corrected chi connectivity index (χ3v) is 3.89.